The molecule has 0 saturated carbocycles. The van der Waals surface area contributed by atoms with Gasteiger partial charge in [0.05, 0.1) is 0 Å². The summed E-state index contributed by atoms with van der Waals surface area (Å²) in [6.07, 6.45) is 1.01. The van der Waals surface area contributed by atoms with Crippen LogP contribution in [-0.4, -0.2) is 12.8 Å². The Morgan fingerprint density at radius 1 is 1.17 bits per heavy atom. The van der Waals surface area contributed by atoms with Gasteiger partial charge in [-0.3, -0.25) is 0 Å². The van der Waals surface area contributed by atoms with Gasteiger partial charge in [0, 0.05) is 17.9 Å². The molecule has 0 aliphatic carbocycles. The number of fused-ring (bicyclic) bond motifs is 1. The first-order valence-corrected chi connectivity index (χ1v) is 6.24. The van der Waals surface area contributed by atoms with E-state index in [2.05, 4.69) is 24.3 Å². The van der Waals surface area contributed by atoms with E-state index < -0.39 is 5.41 Å². The smallest absolute Gasteiger partial charge is 0.126 e. The second kappa shape index (κ2) is 4.91. The summed E-state index contributed by atoms with van der Waals surface area (Å²) < 4.78 is 0. The Bertz CT molecular complexity index is 555. The van der Waals surface area contributed by atoms with Gasteiger partial charge in [-0.1, -0.05) is 56.3 Å². The normalized spacial score (nSPS) is 13.5. The molecule has 1 atom stereocenters. The van der Waals surface area contributed by atoms with E-state index in [1.807, 2.05) is 32.0 Å². The molecule has 18 heavy (non-hydrogen) atoms. The number of nitrogens with two attached hydrogens (primary N) is 1. The largest absolute Gasteiger partial charge is 0.330 e. The summed E-state index contributed by atoms with van der Waals surface area (Å²) in [5.74, 6) is 0.0427. The van der Waals surface area contributed by atoms with E-state index in [4.69, 9.17) is 5.73 Å². The fourth-order valence-corrected chi connectivity index (χ4v) is 2.47. The van der Waals surface area contributed by atoms with Crippen molar-refractivity contribution in [1.82, 2.24) is 0 Å². The minimum absolute atomic E-state index is 0.0427. The highest BCUT2D eigenvalue weighted by atomic mass is 16.1. The lowest BCUT2D eigenvalue weighted by molar-refractivity contribution is -0.115. The molecule has 0 spiro atoms. The van der Waals surface area contributed by atoms with E-state index >= 15 is 0 Å². The third-order valence-corrected chi connectivity index (χ3v) is 3.64. The summed E-state index contributed by atoms with van der Waals surface area (Å²) in [6, 6.07) is 14.4. The summed E-state index contributed by atoms with van der Waals surface area (Å²) in [4.78, 5) is 11.3. The van der Waals surface area contributed by atoms with Crippen LogP contribution in [0.1, 0.15) is 25.3 Å². The molecule has 0 aliphatic rings. The molecule has 94 valence electrons. The first-order chi connectivity index (χ1) is 8.60. The Kier molecular flexibility index (Phi) is 3.48. The van der Waals surface area contributed by atoms with Crippen LogP contribution < -0.4 is 5.73 Å². The van der Waals surface area contributed by atoms with Crippen LogP contribution in [0.3, 0.4) is 0 Å². The van der Waals surface area contributed by atoms with Crippen molar-refractivity contribution in [3.63, 3.8) is 0 Å². The van der Waals surface area contributed by atoms with Gasteiger partial charge in [-0.25, -0.2) is 0 Å². The van der Waals surface area contributed by atoms with Gasteiger partial charge < -0.3 is 10.5 Å². The maximum Gasteiger partial charge on any atom is 0.126 e. The van der Waals surface area contributed by atoms with Crippen LogP contribution >= 0.6 is 0 Å². The van der Waals surface area contributed by atoms with Gasteiger partial charge in [-0.15, -0.1) is 0 Å². The van der Waals surface area contributed by atoms with Crippen LogP contribution in [0.2, 0.25) is 0 Å². The zero-order valence-corrected chi connectivity index (χ0v) is 10.9. The summed E-state index contributed by atoms with van der Waals surface area (Å²) in [7, 11) is 0. The molecule has 1 unspecified atom stereocenters. The van der Waals surface area contributed by atoms with E-state index in [0.29, 0.717) is 6.54 Å². The first-order valence-electron chi connectivity index (χ1n) is 6.24. The van der Waals surface area contributed by atoms with Crippen LogP contribution in [0.5, 0.6) is 0 Å². The predicted molar refractivity (Wildman–Crippen MR) is 75.6 cm³/mol. The minimum Gasteiger partial charge on any atom is -0.330 e. The summed E-state index contributed by atoms with van der Waals surface area (Å²) in [5, 5.41) is 2.38. The minimum atomic E-state index is -0.446. The molecule has 2 aromatic rings. The Morgan fingerprint density at radius 2 is 1.83 bits per heavy atom. The highest BCUT2D eigenvalue weighted by molar-refractivity contribution is 5.86. The Balaban J connectivity index is 2.62. The molecule has 0 fully saturated rings. The quantitative estimate of drug-likeness (QED) is 0.836. The van der Waals surface area contributed by atoms with Gasteiger partial charge in [0.15, 0.2) is 0 Å². The Hall–Kier alpha value is -1.67. The fourth-order valence-electron chi connectivity index (χ4n) is 2.47. The lowest BCUT2D eigenvalue weighted by Crippen LogP contribution is -2.30. The van der Waals surface area contributed by atoms with Crippen molar-refractivity contribution in [2.24, 2.45) is 11.1 Å². The number of hydrogen-bond donors (Lipinski definition) is 1. The molecule has 2 nitrogen and oxygen atoms in total. The SMILES string of the molecule is CC(C)(C=O)C(CN)c1cccc2ccccc12. The maximum absolute atomic E-state index is 11.3. The molecule has 2 N–H and O–H groups in total. The van der Waals surface area contributed by atoms with Gasteiger partial charge in [-0.05, 0) is 16.3 Å². The van der Waals surface area contributed by atoms with Gasteiger partial charge in [0.1, 0.15) is 6.29 Å². The molecule has 0 amide bonds. The van der Waals surface area contributed by atoms with E-state index in [-0.39, 0.29) is 5.92 Å². The predicted octanol–water partition coefficient (Wildman–Crippen LogP) is 3.11. The second-order valence-corrected chi connectivity index (χ2v) is 5.30. The third kappa shape index (κ3) is 2.16. The molecular weight excluding hydrogens is 222 g/mol. The van der Waals surface area contributed by atoms with Crippen molar-refractivity contribution in [3.8, 4) is 0 Å². The molecule has 2 rings (SSSR count). The number of aldehydes is 1. The fraction of sp³-hybridized carbons (Fsp3) is 0.312. The van der Waals surface area contributed by atoms with Gasteiger partial charge in [0.25, 0.3) is 0 Å². The number of benzene rings is 2. The van der Waals surface area contributed by atoms with Crippen LogP contribution in [0.25, 0.3) is 10.8 Å². The standard InChI is InChI=1S/C16H19NO/c1-16(2,11-18)15(10-17)14-9-5-7-12-6-3-4-8-13(12)14/h3-9,11,15H,10,17H2,1-2H3. The Labute approximate surface area is 108 Å². The van der Waals surface area contributed by atoms with E-state index in [0.717, 1.165) is 11.8 Å². The van der Waals surface area contributed by atoms with Crippen LogP contribution in [-0.2, 0) is 4.79 Å². The molecule has 0 radical (unpaired) electrons. The zero-order chi connectivity index (χ0) is 13.2. The highest BCUT2D eigenvalue weighted by Crippen LogP contribution is 2.36. The van der Waals surface area contributed by atoms with Gasteiger partial charge in [-0.2, -0.15) is 0 Å². The third-order valence-electron chi connectivity index (χ3n) is 3.64. The molecule has 0 aromatic heterocycles. The van der Waals surface area contributed by atoms with Gasteiger partial charge >= 0.3 is 0 Å². The molecule has 2 heteroatoms. The van der Waals surface area contributed by atoms with Crippen molar-refractivity contribution in [2.45, 2.75) is 19.8 Å². The number of carbonyl (C=O) groups is 1. The summed E-state index contributed by atoms with van der Waals surface area (Å²) in [5.41, 5.74) is 6.61. The zero-order valence-electron chi connectivity index (χ0n) is 10.9. The second-order valence-electron chi connectivity index (χ2n) is 5.30. The summed E-state index contributed by atoms with van der Waals surface area (Å²) in [6.45, 7) is 4.36. The molecule has 0 heterocycles. The van der Waals surface area contributed by atoms with Crippen molar-refractivity contribution < 1.29 is 4.79 Å². The van der Waals surface area contributed by atoms with Crippen molar-refractivity contribution >= 4 is 17.1 Å². The van der Waals surface area contributed by atoms with Crippen molar-refractivity contribution in [1.29, 1.82) is 0 Å². The van der Waals surface area contributed by atoms with Crippen LogP contribution in [0.4, 0.5) is 0 Å². The molecule has 0 bridgehead atoms. The van der Waals surface area contributed by atoms with Crippen molar-refractivity contribution in [3.05, 3.63) is 48.0 Å². The number of rotatable bonds is 4. The lowest BCUT2D eigenvalue weighted by atomic mass is 9.75. The Morgan fingerprint density at radius 3 is 2.50 bits per heavy atom. The lowest BCUT2D eigenvalue weighted by Gasteiger charge is -2.29. The molecular formula is C16H19NO. The van der Waals surface area contributed by atoms with Crippen molar-refractivity contribution in [2.75, 3.05) is 6.54 Å². The highest BCUT2D eigenvalue weighted by Gasteiger charge is 2.30. The van der Waals surface area contributed by atoms with E-state index in [1.165, 1.54) is 10.8 Å². The van der Waals surface area contributed by atoms with E-state index in [9.17, 15) is 4.79 Å². The first kappa shape index (κ1) is 12.8. The average molecular weight is 241 g/mol. The maximum atomic E-state index is 11.3. The number of hydrogen-bond acceptors (Lipinski definition) is 2. The molecule has 0 aliphatic heterocycles. The number of carbonyl (C=O) groups excluding carboxylic acids is 1. The van der Waals surface area contributed by atoms with Gasteiger partial charge in [0.2, 0.25) is 0 Å². The molecule has 0 saturated heterocycles. The monoisotopic (exact) mass is 241 g/mol. The van der Waals surface area contributed by atoms with E-state index in [1.54, 1.807) is 0 Å². The van der Waals surface area contributed by atoms with Crippen LogP contribution in [0.15, 0.2) is 42.5 Å². The summed E-state index contributed by atoms with van der Waals surface area (Å²) >= 11 is 0. The van der Waals surface area contributed by atoms with Crippen LogP contribution in [0, 0.1) is 5.41 Å². The topological polar surface area (TPSA) is 43.1 Å². The average Bonchev–Trinajstić information content (AvgIpc) is 2.39. The molecule has 2 aromatic carbocycles.